The van der Waals surface area contributed by atoms with Crippen molar-refractivity contribution in [3.05, 3.63) is 23.9 Å². The second kappa shape index (κ2) is 4.62. The van der Waals surface area contributed by atoms with Gasteiger partial charge in [-0.1, -0.05) is 6.07 Å². The molecule has 0 atom stereocenters. The van der Waals surface area contributed by atoms with Crippen LogP contribution in [0.25, 0.3) is 0 Å². The summed E-state index contributed by atoms with van der Waals surface area (Å²) in [6.45, 7) is 3.28. The van der Waals surface area contributed by atoms with Crippen LogP contribution in [0.3, 0.4) is 0 Å². The molecular weight excluding hydrogens is 238 g/mol. The van der Waals surface area contributed by atoms with Gasteiger partial charge in [-0.05, 0) is 13.0 Å². The molecule has 0 aromatic carbocycles. The summed E-state index contributed by atoms with van der Waals surface area (Å²) in [5, 5.41) is 0. The summed E-state index contributed by atoms with van der Waals surface area (Å²) in [7, 11) is -1.19. The van der Waals surface area contributed by atoms with Gasteiger partial charge >= 0.3 is 0 Å². The van der Waals surface area contributed by atoms with Gasteiger partial charge in [-0.2, -0.15) is 4.31 Å². The molecule has 5 nitrogen and oxygen atoms in total. The molecule has 2 heterocycles. The number of aromatic nitrogens is 1. The summed E-state index contributed by atoms with van der Waals surface area (Å²) in [6, 6.07) is 3.77. The Morgan fingerprint density at radius 2 is 2.18 bits per heavy atom. The molecule has 0 aliphatic carbocycles. The van der Waals surface area contributed by atoms with Gasteiger partial charge in [-0.3, -0.25) is 0 Å². The molecule has 0 saturated heterocycles. The molecule has 0 saturated carbocycles. The Morgan fingerprint density at radius 1 is 1.41 bits per heavy atom. The average molecular weight is 255 g/mol. The number of sulfonamides is 1. The zero-order valence-corrected chi connectivity index (χ0v) is 10.9. The summed E-state index contributed by atoms with van der Waals surface area (Å²) >= 11 is 0. The van der Waals surface area contributed by atoms with Crippen molar-refractivity contribution in [2.45, 2.75) is 13.5 Å². The molecule has 0 N–H and O–H groups in total. The standard InChI is InChI=1S/C11H17N3O2S/c1-3-17(15,16)14-8-7-13(2)11-10(9-14)5-4-6-12-11/h4-6H,3,7-9H2,1-2H3. The van der Waals surface area contributed by atoms with E-state index in [1.54, 1.807) is 13.1 Å². The van der Waals surface area contributed by atoms with Crippen LogP contribution in [0.4, 0.5) is 5.82 Å². The van der Waals surface area contributed by atoms with Crippen molar-refractivity contribution in [3.63, 3.8) is 0 Å². The van der Waals surface area contributed by atoms with Crippen molar-refractivity contribution in [1.29, 1.82) is 0 Å². The van der Waals surface area contributed by atoms with Crippen LogP contribution in [0.5, 0.6) is 0 Å². The number of likely N-dealkylation sites (N-methyl/N-ethyl adjacent to an activating group) is 1. The highest BCUT2D eigenvalue weighted by Crippen LogP contribution is 2.22. The first kappa shape index (κ1) is 12.3. The predicted octanol–water partition coefficient (Wildman–Crippen LogP) is 0.683. The summed E-state index contributed by atoms with van der Waals surface area (Å²) < 4.78 is 25.4. The zero-order chi connectivity index (χ0) is 12.5. The molecular formula is C11H17N3O2S. The molecule has 0 unspecified atom stereocenters. The summed E-state index contributed by atoms with van der Waals surface area (Å²) in [4.78, 5) is 6.31. The van der Waals surface area contributed by atoms with E-state index in [0.717, 1.165) is 11.4 Å². The maximum atomic E-state index is 11.9. The SMILES string of the molecule is CCS(=O)(=O)N1CCN(C)c2ncccc2C1. The van der Waals surface area contributed by atoms with Crippen molar-refractivity contribution in [2.24, 2.45) is 0 Å². The molecule has 0 amide bonds. The van der Waals surface area contributed by atoms with Gasteiger partial charge in [-0.15, -0.1) is 0 Å². The minimum absolute atomic E-state index is 0.145. The maximum Gasteiger partial charge on any atom is 0.214 e. The van der Waals surface area contributed by atoms with Crippen LogP contribution in [0.1, 0.15) is 12.5 Å². The summed E-state index contributed by atoms with van der Waals surface area (Å²) in [5.41, 5.74) is 0.963. The summed E-state index contributed by atoms with van der Waals surface area (Å²) in [6.07, 6.45) is 1.74. The van der Waals surface area contributed by atoms with Gasteiger partial charge < -0.3 is 4.90 Å². The maximum absolute atomic E-state index is 11.9. The normalized spacial score (nSPS) is 17.6. The van der Waals surface area contributed by atoms with Crippen molar-refractivity contribution >= 4 is 15.8 Å². The van der Waals surface area contributed by atoms with Crippen LogP contribution in [0.2, 0.25) is 0 Å². The third-order valence-electron chi connectivity index (χ3n) is 3.02. The van der Waals surface area contributed by atoms with Crippen molar-refractivity contribution < 1.29 is 8.42 Å². The second-order valence-electron chi connectivity index (χ2n) is 4.14. The number of pyridine rings is 1. The van der Waals surface area contributed by atoms with E-state index in [1.165, 1.54) is 4.31 Å². The fourth-order valence-corrected chi connectivity index (χ4v) is 3.01. The van der Waals surface area contributed by atoms with E-state index in [-0.39, 0.29) is 5.75 Å². The second-order valence-corrected chi connectivity index (χ2v) is 6.40. The third kappa shape index (κ3) is 2.42. The topological polar surface area (TPSA) is 53.5 Å². The summed E-state index contributed by atoms with van der Waals surface area (Å²) in [5.74, 6) is 1.02. The number of anilines is 1. The van der Waals surface area contributed by atoms with Gasteiger partial charge in [0, 0.05) is 38.4 Å². The molecule has 94 valence electrons. The van der Waals surface area contributed by atoms with Crippen LogP contribution in [-0.2, 0) is 16.6 Å². The van der Waals surface area contributed by atoms with Gasteiger partial charge in [0.2, 0.25) is 10.0 Å². The van der Waals surface area contributed by atoms with Crippen LogP contribution >= 0.6 is 0 Å². The lowest BCUT2D eigenvalue weighted by Crippen LogP contribution is -2.35. The number of hydrogen-bond donors (Lipinski definition) is 0. The van der Waals surface area contributed by atoms with Gasteiger partial charge in [0.15, 0.2) is 0 Å². The minimum atomic E-state index is -3.13. The molecule has 0 bridgehead atoms. The molecule has 1 aliphatic rings. The Hall–Kier alpha value is -1.14. The molecule has 0 radical (unpaired) electrons. The van der Waals surface area contributed by atoms with Crippen molar-refractivity contribution in [1.82, 2.24) is 9.29 Å². The van der Waals surface area contributed by atoms with E-state index in [0.29, 0.717) is 19.6 Å². The Kier molecular flexibility index (Phi) is 3.35. The molecule has 0 spiro atoms. The molecule has 2 rings (SSSR count). The van der Waals surface area contributed by atoms with Gasteiger partial charge in [0.1, 0.15) is 5.82 Å². The molecule has 0 fully saturated rings. The highest BCUT2D eigenvalue weighted by atomic mass is 32.2. The molecule has 17 heavy (non-hydrogen) atoms. The van der Waals surface area contributed by atoms with Crippen LogP contribution in [0.15, 0.2) is 18.3 Å². The largest absolute Gasteiger partial charge is 0.358 e. The smallest absolute Gasteiger partial charge is 0.214 e. The third-order valence-corrected chi connectivity index (χ3v) is 4.85. The van der Waals surface area contributed by atoms with E-state index < -0.39 is 10.0 Å². The Labute approximate surface area is 102 Å². The molecule has 1 aromatic heterocycles. The number of rotatable bonds is 2. The Balaban J connectivity index is 2.36. The average Bonchev–Trinajstić information content (AvgIpc) is 2.50. The number of fused-ring (bicyclic) bond motifs is 1. The lowest BCUT2D eigenvalue weighted by atomic mass is 10.2. The van der Waals surface area contributed by atoms with E-state index in [4.69, 9.17) is 0 Å². The van der Waals surface area contributed by atoms with Gasteiger partial charge in [-0.25, -0.2) is 13.4 Å². The van der Waals surface area contributed by atoms with E-state index >= 15 is 0 Å². The van der Waals surface area contributed by atoms with Gasteiger partial charge in [0.05, 0.1) is 5.75 Å². The van der Waals surface area contributed by atoms with E-state index in [2.05, 4.69) is 4.98 Å². The fourth-order valence-electron chi connectivity index (χ4n) is 1.95. The highest BCUT2D eigenvalue weighted by Gasteiger charge is 2.25. The first-order valence-corrected chi connectivity index (χ1v) is 7.28. The van der Waals surface area contributed by atoms with Crippen LogP contribution < -0.4 is 4.90 Å². The lowest BCUT2D eigenvalue weighted by molar-refractivity contribution is 0.421. The minimum Gasteiger partial charge on any atom is -0.358 e. The van der Waals surface area contributed by atoms with E-state index in [1.807, 2.05) is 24.1 Å². The number of hydrogen-bond acceptors (Lipinski definition) is 4. The first-order valence-electron chi connectivity index (χ1n) is 5.67. The highest BCUT2D eigenvalue weighted by molar-refractivity contribution is 7.89. The Morgan fingerprint density at radius 3 is 2.88 bits per heavy atom. The van der Waals surface area contributed by atoms with E-state index in [9.17, 15) is 8.42 Å². The molecule has 6 heteroatoms. The predicted molar refractivity (Wildman–Crippen MR) is 67.4 cm³/mol. The van der Waals surface area contributed by atoms with Crippen LogP contribution in [-0.4, -0.2) is 43.6 Å². The van der Waals surface area contributed by atoms with Crippen LogP contribution in [0, 0.1) is 0 Å². The van der Waals surface area contributed by atoms with Crippen molar-refractivity contribution in [2.75, 3.05) is 30.8 Å². The van der Waals surface area contributed by atoms with Crippen molar-refractivity contribution in [3.8, 4) is 0 Å². The Bertz CT molecular complexity index is 501. The fraction of sp³-hybridized carbons (Fsp3) is 0.545. The monoisotopic (exact) mass is 255 g/mol. The zero-order valence-electron chi connectivity index (χ0n) is 10.1. The molecule has 1 aliphatic heterocycles. The van der Waals surface area contributed by atoms with Gasteiger partial charge in [0.25, 0.3) is 0 Å². The molecule has 1 aromatic rings. The first-order chi connectivity index (χ1) is 8.04. The number of nitrogens with zero attached hydrogens (tertiary/aromatic N) is 3. The quantitative estimate of drug-likeness (QED) is 0.780. The lowest BCUT2D eigenvalue weighted by Gasteiger charge is -2.19.